The Kier molecular flexibility index (Phi) is 6.10. The van der Waals surface area contributed by atoms with E-state index in [0.717, 1.165) is 63.2 Å². The molecular weight excluding hydrogens is 535 g/mol. The molecule has 1 spiro atoms. The van der Waals surface area contributed by atoms with Crippen LogP contribution in [0.3, 0.4) is 0 Å². The highest BCUT2D eigenvalue weighted by Gasteiger charge is 2.40. The number of rotatable bonds is 5. The summed E-state index contributed by atoms with van der Waals surface area (Å²) in [5, 5.41) is 22.9. The number of anilines is 1. The van der Waals surface area contributed by atoms with Crippen molar-refractivity contribution in [2.75, 3.05) is 18.0 Å². The summed E-state index contributed by atoms with van der Waals surface area (Å²) in [6.45, 7) is 1.14. The molecule has 0 saturated carbocycles. The molecular formula is C25H20Cl2N6O3S. The van der Waals surface area contributed by atoms with Gasteiger partial charge < -0.3 is 14.7 Å². The van der Waals surface area contributed by atoms with Crippen LogP contribution < -0.4 is 9.64 Å². The number of piperidine rings is 1. The predicted octanol–water partition coefficient (Wildman–Crippen LogP) is 5.05. The molecule has 1 saturated heterocycles. The molecule has 0 aliphatic carbocycles. The lowest BCUT2D eigenvalue weighted by Gasteiger charge is -2.43. The summed E-state index contributed by atoms with van der Waals surface area (Å²) in [4.78, 5) is 19.4. The highest BCUT2D eigenvalue weighted by atomic mass is 35.5. The quantitative estimate of drug-likeness (QED) is 0.365. The van der Waals surface area contributed by atoms with Crippen LogP contribution in [0.15, 0.2) is 54.7 Å². The van der Waals surface area contributed by atoms with Gasteiger partial charge in [-0.25, -0.2) is 4.98 Å². The third-order valence-corrected chi connectivity index (χ3v) is 8.04. The molecule has 2 aliphatic heterocycles. The van der Waals surface area contributed by atoms with Crippen LogP contribution in [0.5, 0.6) is 5.75 Å². The summed E-state index contributed by atoms with van der Waals surface area (Å²) in [5.74, 6) is 0.170. The zero-order valence-electron chi connectivity index (χ0n) is 19.3. The van der Waals surface area contributed by atoms with Crippen LogP contribution in [0.4, 0.5) is 5.13 Å². The maximum absolute atomic E-state index is 10.9. The number of nitrogens with zero attached hydrogens (tertiary/aromatic N) is 6. The zero-order chi connectivity index (χ0) is 25.6. The second-order valence-corrected chi connectivity index (χ2v) is 10.7. The van der Waals surface area contributed by atoms with Gasteiger partial charge in [0.25, 0.3) is 0 Å². The van der Waals surface area contributed by atoms with E-state index in [1.54, 1.807) is 12.3 Å². The number of hydrogen-bond acceptors (Lipinski definition) is 8. The van der Waals surface area contributed by atoms with E-state index in [0.29, 0.717) is 15.9 Å². The number of carboxylic acids is 1. The number of ether oxygens (including phenoxy) is 1. The van der Waals surface area contributed by atoms with Gasteiger partial charge in [0.1, 0.15) is 11.4 Å². The lowest BCUT2D eigenvalue weighted by atomic mass is 9.83. The lowest BCUT2D eigenvalue weighted by Crippen LogP contribution is -2.48. The van der Waals surface area contributed by atoms with Gasteiger partial charge in [0, 0.05) is 47.1 Å². The average molecular weight is 555 g/mol. The molecule has 2 aromatic carbocycles. The maximum Gasteiger partial charge on any atom is 0.327 e. The molecule has 4 aromatic rings. The van der Waals surface area contributed by atoms with Crippen LogP contribution in [-0.4, -0.2) is 55.0 Å². The van der Waals surface area contributed by atoms with Crippen molar-refractivity contribution in [2.45, 2.75) is 25.0 Å². The van der Waals surface area contributed by atoms with Gasteiger partial charge in [0.05, 0.1) is 11.1 Å². The van der Waals surface area contributed by atoms with Gasteiger partial charge in [-0.3, -0.25) is 4.79 Å². The third kappa shape index (κ3) is 4.68. The molecule has 0 unspecified atom stereocenters. The minimum absolute atomic E-state index is 0.341. The maximum atomic E-state index is 10.9. The summed E-state index contributed by atoms with van der Waals surface area (Å²) >= 11 is 14.2. The fraction of sp³-hybridized carbons (Fsp3) is 0.240. The second kappa shape index (κ2) is 9.44. The number of aliphatic carboxylic acids is 1. The first-order valence-corrected chi connectivity index (χ1v) is 13.1. The van der Waals surface area contributed by atoms with Crippen molar-refractivity contribution in [1.29, 1.82) is 0 Å². The van der Waals surface area contributed by atoms with Crippen LogP contribution in [0.25, 0.3) is 16.3 Å². The number of tetrazole rings is 1. The van der Waals surface area contributed by atoms with E-state index in [1.807, 2.05) is 36.4 Å². The highest BCUT2D eigenvalue weighted by molar-refractivity contribution is 7.18. The number of benzene rings is 2. The predicted molar refractivity (Wildman–Crippen MR) is 141 cm³/mol. The van der Waals surface area contributed by atoms with Gasteiger partial charge in [-0.1, -0.05) is 58.8 Å². The van der Waals surface area contributed by atoms with E-state index in [-0.39, 0.29) is 6.54 Å². The van der Waals surface area contributed by atoms with Gasteiger partial charge in [-0.05, 0) is 35.1 Å². The molecule has 9 nitrogen and oxygen atoms in total. The minimum atomic E-state index is -1.03. The molecule has 188 valence electrons. The Bertz CT molecular complexity index is 1530. The first-order chi connectivity index (χ1) is 17.9. The van der Waals surface area contributed by atoms with E-state index in [9.17, 15) is 4.79 Å². The highest BCUT2D eigenvalue weighted by Crippen LogP contribution is 2.45. The molecule has 0 atom stereocenters. The van der Waals surface area contributed by atoms with Crippen LogP contribution in [0.1, 0.15) is 24.0 Å². The first-order valence-electron chi connectivity index (χ1n) is 11.6. The number of fused-ring (bicyclic) bond motifs is 1. The lowest BCUT2D eigenvalue weighted by molar-refractivity contribution is -0.138. The van der Waals surface area contributed by atoms with E-state index in [1.165, 1.54) is 11.3 Å². The molecule has 0 amide bonds. The fourth-order valence-corrected chi connectivity index (χ4v) is 6.07. The molecule has 0 bridgehead atoms. The monoisotopic (exact) mass is 554 g/mol. The summed E-state index contributed by atoms with van der Waals surface area (Å²) in [6.07, 6.45) is 5.43. The number of hydrogen-bond donors (Lipinski definition) is 1. The first kappa shape index (κ1) is 23.9. The molecule has 0 radical (unpaired) electrons. The Labute approximate surface area is 225 Å². The fourth-order valence-electron chi connectivity index (χ4n) is 4.67. The number of thiazole rings is 1. The van der Waals surface area contributed by atoms with E-state index in [4.69, 9.17) is 33.0 Å². The molecule has 12 heteroatoms. The Morgan fingerprint density at radius 2 is 1.95 bits per heavy atom. The third-order valence-electron chi connectivity index (χ3n) is 6.44. The SMILES string of the molecule is O=C(O)Cn1nnc(-c2cnc(N3CCC4(C=C(c5ccc(Cl)cc5Cl)c5ccccc5O4)CC3)s2)n1. The van der Waals surface area contributed by atoms with Crippen molar-refractivity contribution in [1.82, 2.24) is 25.2 Å². The largest absolute Gasteiger partial charge is 0.482 e. The van der Waals surface area contributed by atoms with Gasteiger partial charge in [-0.2, -0.15) is 4.80 Å². The molecule has 1 fully saturated rings. The van der Waals surface area contributed by atoms with Crippen molar-refractivity contribution in [3.05, 3.63) is 75.9 Å². The summed E-state index contributed by atoms with van der Waals surface area (Å²) in [7, 11) is 0. The van der Waals surface area contributed by atoms with Gasteiger partial charge in [0.2, 0.25) is 5.82 Å². The van der Waals surface area contributed by atoms with Crippen LogP contribution >= 0.6 is 34.5 Å². The van der Waals surface area contributed by atoms with Crippen LogP contribution in [-0.2, 0) is 11.3 Å². The number of halogens is 2. The molecule has 4 heterocycles. The molecule has 2 aliphatic rings. The Morgan fingerprint density at radius 1 is 1.14 bits per heavy atom. The topological polar surface area (TPSA) is 106 Å². The Morgan fingerprint density at radius 3 is 2.73 bits per heavy atom. The standard InChI is InChI=1S/C25H20Cl2N6O3S/c26-15-5-6-16(19(27)11-15)18-12-25(36-20-4-2-1-3-17(18)20)7-9-32(10-8-25)24-28-13-21(37-24)23-29-31-33(30-23)14-22(34)35/h1-6,11-13H,7-10,14H2,(H,34,35). The zero-order valence-corrected chi connectivity index (χ0v) is 21.7. The van der Waals surface area contributed by atoms with E-state index in [2.05, 4.69) is 31.4 Å². The molecule has 6 rings (SSSR count). The van der Waals surface area contributed by atoms with Crippen LogP contribution in [0.2, 0.25) is 10.0 Å². The Balaban J connectivity index is 1.24. The van der Waals surface area contributed by atoms with Crippen molar-refractivity contribution in [2.24, 2.45) is 0 Å². The second-order valence-electron chi connectivity index (χ2n) is 8.88. The average Bonchev–Trinajstić information content (AvgIpc) is 3.54. The molecule has 2 aromatic heterocycles. The number of aromatic nitrogens is 5. The van der Waals surface area contributed by atoms with E-state index < -0.39 is 11.6 Å². The van der Waals surface area contributed by atoms with Gasteiger partial charge in [-0.15, -0.1) is 10.2 Å². The molecule has 1 N–H and O–H groups in total. The summed E-state index contributed by atoms with van der Waals surface area (Å²) < 4.78 is 6.60. The summed E-state index contributed by atoms with van der Waals surface area (Å²) in [5.41, 5.74) is 2.51. The van der Waals surface area contributed by atoms with Crippen LogP contribution in [0, 0.1) is 0 Å². The summed E-state index contributed by atoms with van der Waals surface area (Å²) in [6, 6.07) is 13.6. The van der Waals surface area contributed by atoms with Crippen molar-refractivity contribution in [3.8, 4) is 16.5 Å². The number of carbonyl (C=O) groups is 1. The minimum Gasteiger partial charge on any atom is -0.482 e. The van der Waals surface area contributed by atoms with E-state index >= 15 is 0 Å². The Hall–Kier alpha value is -3.47. The number of para-hydroxylation sites is 1. The van der Waals surface area contributed by atoms with Crippen molar-refractivity contribution >= 4 is 51.2 Å². The van der Waals surface area contributed by atoms with Crippen molar-refractivity contribution in [3.63, 3.8) is 0 Å². The molecule has 37 heavy (non-hydrogen) atoms. The number of carboxylic acid groups (broad SMARTS) is 1. The smallest absolute Gasteiger partial charge is 0.327 e. The van der Waals surface area contributed by atoms with Gasteiger partial charge in [0.15, 0.2) is 11.7 Å². The normalized spacial score (nSPS) is 16.3. The van der Waals surface area contributed by atoms with Crippen molar-refractivity contribution < 1.29 is 14.6 Å². The van der Waals surface area contributed by atoms with Gasteiger partial charge >= 0.3 is 5.97 Å².